The highest BCUT2D eigenvalue weighted by Crippen LogP contribution is 2.34. The first-order valence-electron chi connectivity index (χ1n) is 6.08. The maximum absolute atomic E-state index is 12.8. The van der Waals surface area contributed by atoms with Crippen LogP contribution in [0.15, 0.2) is 27.8 Å². The van der Waals surface area contributed by atoms with Crippen LogP contribution in [0.2, 0.25) is 10.0 Å². The number of rotatable bonds is 2. The van der Waals surface area contributed by atoms with Gasteiger partial charge in [-0.15, -0.1) is 0 Å². The number of alkyl halides is 3. The summed E-state index contributed by atoms with van der Waals surface area (Å²) in [6.07, 6.45) is -4.83. The van der Waals surface area contributed by atoms with Crippen molar-refractivity contribution >= 4 is 23.2 Å². The van der Waals surface area contributed by atoms with Crippen molar-refractivity contribution in [3.63, 3.8) is 0 Å². The first-order valence-corrected chi connectivity index (χ1v) is 6.83. The van der Waals surface area contributed by atoms with Crippen molar-refractivity contribution in [1.29, 1.82) is 0 Å². The Hall–Kier alpha value is -1.93. The maximum Gasteiger partial charge on any atom is 0.431 e. The van der Waals surface area contributed by atoms with Gasteiger partial charge in [0.25, 0.3) is 5.56 Å². The Balaban J connectivity index is 2.59. The lowest BCUT2D eigenvalue weighted by molar-refractivity contribution is -0.144. The second kappa shape index (κ2) is 5.93. The summed E-state index contributed by atoms with van der Waals surface area (Å²) in [5, 5.41) is 9.12. The molecule has 5 nitrogen and oxygen atoms in total. The van der Waals surface area contributed by atoms with Crippen LogP contribution >= 0.6 is 23.2 Å². The Morgan fingerprint density at radius 3 is 2.35 bits per heavy atom. The van der Waals surface area contributed by atoms with E-state index in [1.54, 1.807) is 0 Å². The van der Waals surface area contributed by atoms with E-state index in [0.717, 1.165) is 7.05 Å². The Bertz CT molecular complexity index is 888. The summed E-state index contributed by atoms with van der Waals surface area (Å²) >= 11 is 11.6. The van der Waals surface area contributed by atoms with E-state index in [2.05, 4.69) is 0 Å². The molecule has 0 bridgehead atoms. The van der Waals surface area contributed by atoms with Gasteiger partial charge in [-0.3, -0.25) is 13.9 Å². The zero-order chi connectivity index (χ0) is 17.5. The number of phenols is 1. The molecule has 124 valence electrons. The third-order valence-corrected chi connectivity index (χ3v) is 4.08. The molecule has 2 rings (SSSR count). The lowest BCUT2D eigenvalue weighted by Crippen LogP contribution is -2.41. The fourth-order valence-electron chi connectivity index (χ4n) is 1.96. The number of benzene rings is 1. The van der Waals surface area contributed by atoms with Crippen LogP contribution in [0.4, 0.5) is 13.2 Å². The highest BCUT2D eigenvalue weighted by atomic mass is 35.5. The molecule has 0 atom stereocenters. The van der Waals surface area contributed by atoms with Gasteiger partial charge in [0.05, 0.1) is 11.6 Å². The van der Waals surface area contributed by atoms with E-state index in [-0.39, 0.29) is 27.9 Å². The van der Waals surface area contributed by atoms with Crippen molar-refractivity contribution in [2.24, 2.45) is 7.05 Å². The molecular weight excluding hydrogens is 360 g/mol. The van der Waals surface area contributed by atoms with Crippen LogP contribution in [0.5, 0.6) is 5.75 Å². The molecule has 0 unspecified atom stereocenters. The van der Waals surface area contributed by atoms with Crippen LogP contribution in [0, 0.1) is 0 Å². The standard InChI is InChI=1S/C13H9Cl2F3N2O3/c1-19-8(13(16,17)18)4-9(22)20(12(19)23)5-6-2-3-7(21)11(15)10(6)14/h2-4,21H,5H2,1H3. The van der Waals surface area contributed by atoms with Gasteiger partial charge in [-0.1, -0.05) is 29.3 Å². The maximum atomic E-state index is 12.8. The molecule has 1 N–H and O–H groups in total. The SMILES string of the molecule is Cn1c(C(F)(F)F)cc(=O)n(Cc2ccc(O)c(Cl)c2Cl)c1=O. The highest BCUT2D eigenvalue weighted by molar-refractivity contribution is 6.43. The van der Waals surface area contributed by atoms with E-state index in [1.165, 1.54) is 12.1 Å². The average Bonchev–Trinajstić information content (AvgIpc) is 2.46. The second-order valence-corrected chi connectivity index (χ2v) is 5.42. The first kappa shape index (κ1) is 17.4. The first-order chi connectivity index (χ1) is 10.5. The van der Waals surface area contributed by atoms with Crippen LogP contribution in [-0.4, -0.2) is 14.2 Å². The molecule has 0 aliphatic rings. The van der Waals surface area contributed by atoms with Gasteiger partial charge in [-0.25, -0.2) is 4.79 Å². The minimum atomic E-state index is -4.83. The summed E-state index contributed by atoms with van der Waals surface area (Å²) in [7, 11) is 0.909. The van der Waals surface area contributed by atoms with Crippen LogP contribution in [0.3, 0.4) is 0 Å². The number of hydrogen-bond acceptors (Lipinski definition) is 3. The van der Waals surface area contributed by atoms with Crippen molar-refractivity contribution in [2.75, 3.05) is 0 Å². The molecular formula is C13H9Cl2F3N2O3. The Morgan fingerprint density at radius 2 is 1.78 bits per heavy atom. The van der Waals surface area contributed by atoms with Gasteiger partial charge in [0, 0.05) is 13.1 Å². The molecule has 0 amide bonds. The van der Waals surface area contributed by atoms with Crippen LogP contribution < -0.4 is 11.2 Å². The summed E-state index contributed by atoms with van der Waals surface area (Å²) in [5.74, 6) is -0.298. The van der Waals surface area contributed by atoms with Gasteiger partial charge in [0.1, 0.15) is 16.5 Å². The normalized spacial score (nSPS) is 11.7. The molecule has 0 aliphatic carbocycles. The highest BCUT2D eigenvalue weighted by Gasteiger charge is 2.34. The second-order valence-electron chi connectivity index (χ2n) is 4.67. The van der Waals surface area contributed by atoms with Crippen molar-refractivity contribution in [2.45, 2.75) is 12.7 Å². The fraction of sp³-hybridized carbons (Fsp3) is 0.231. The number of nitrogens with zero attached hydrogens (tertiary/aromatic N) is 2. The molecule has 1 aromatic heterocycles. The third kappa shape index (κ3) is 3.23. The lowest BCUT2D eigenvalue weighted by Gasteiger charge is -2.14. The molecule has 0 spiro atoms. The van der Waals surface area contributed by atoms with E-state index >= 15 is 0 Å². The van der Waals surface area contributed by atoms with Gasteiger partial charge in [-0.2, -0.15) is 13.2 Å². The molecule has 0 radical (unpaired) electrons. The van der Waals surface area contributed by atoms with Crippen LogP contribution in [0.25, 0.3) is 0 Å². The molecule has 0 aliphatic heterocycles. The predicted molar refractivity (Wildman–Crippen MR) is 78.2 cm³/mol. The van der Waals surface area contributed by atoms with E-state index in [0.29, 0.717) is 15.2 Å². The van der Waals surface area contributed by atoms with Gasteiger partial charge in [0.2, 0.25) is 0 Å². The number of aromatic nitrogens is 2. The molecule has 0 saturated heterocycles. The van der Waals surface area contributed by atoms with E-state index in [4.69, 9.17) is 23.2 Å². The van der Waals surface area contributed by atoms with Gasteiger partial charge in [0.15, 0.2) is 0 Å². The quantitative estimate of drug-likeness (QED) is 0.885. The number of phenolic OH excluding ortho intramolecular Hbond substituents is 1. The topological polar surface area (TPSA) is 64.2 Å². The molecule has 10 heteroatoms. The van der Waals surface area contributed by atoms with Crippen LogP contribution in [-0.2, 0) is 19.8 Å². The zero-order valence-corrected chi connectivity index (χ0v) is 13.0. The van der Waals surface area contributed by atoms with E-state index in [1.807, 2.05) is 0 Å². The van der Waals surface area contributed by atoms with Crippen LogP contribution in [0.1, 0.15) is 11.3 Å². The van der Waals surface area contributed by atoms with Gasteiger partial charge >= 0.3 is 11.9 Å². The average molecular weight is 369 g/mol. The van der Waals surface area contributed by atoms with Crippen molar-refractivity contribution in [3.05, 3.63) is 60.3 Å². The molecule has 1 heterocycles. The molecule has 2 aromatic rings. The summed E-state index contributed by atoms with van der Waals surface area (Å²) in [5.41, 5.74) is -3.42. The predicted octanol–water partition coefficient (Wildman–Crippen LogP) is 2.63. The molecule has 23 heavy (non-hydrogen) atoms. The summed E-state index contributed by atoms with van der Waals surface area (Å²) in [6, 6.07) is 2.84. The third-order valence-electron chi connectivity index (χ3n) is 3.17. The van der Waals surface area contributed by atoms with Crippen molar-refractivity contribution in [3.8, 4) is 5.75 Å². The minimum absolute atomic E-state index is 0.0967. The number of halogens is 5. The molecule has 0 fully saturated rings. The zero-order valence-electron chi connectivity index (χ0n) is 11.5. The summed E-state index contributed by atoms with van der Waals surface area (Å²) in [4.78, 5) is 23.9. The largest absolute Gasteiger partial charge is 0.506 e. The monoisotopic (exact) mass is 368 g/mol. The van der Waals surface area contributed by atoms with E-state index in [9.17, 15) is 27.9 Å². The summed E-state index contributed by atoms with van der Waals surface area (Å²) < 4.78 is 39.2. The van der Waals surface area contributed by atoms with E-state index < -0.39 is 23.1 Å². The summed E-state index contributed by atoms with van der Waals surface area (Å²) in [6.45, 7) is -0.386. The van der Waals surface area contributed by atoms with Gasteiger partial charge in [-0.05, 0) is 11.6 Å². The minimum Gasteiger partial charge on any atom is -0.506 e. The fourth-order valence-corrected chi connectivity index (χ4v) is 2.36. The number of aromatic hydroxyl groups is 1. The number of hydrogen-bond donors (Lipinski definition) is 1. The Morgan fingerprint density at radius 1 is 1.17 bits per heavy atom. The molecule has 0 saturated carbocycles. The Kier molecular flexibility index (Phi) is 4.50. The Labute approximate surface area is 137 Å². The molecule has 1 aromatic carbocycles. The van der Waals surface area contributed by atoms with Crippen molar-refractivity contribution in [1.82, 2.24) is 9.13 Å². The van der Waals surface area contributed by atoms with Crippen molar-refractivity contribution < 1.29 is 18.3 Å². The smallest absolute Gasteiger partial charge is 0.431 e. The van der Waals surface area contributed by atoms with Gasteiger partial charge < -0.3 is 5.11 Å². The lowest BCUT2D eigenvalue weighted by atomic mass is 10.2.